The number of piperidine rings is 1. The lowest BCUT2D eigenvalue weighted by Gasteiger charge is -2.28. The third-order valence-electron chi connectivity index (χ3n) is 6.38. The Morgan fingerprint density at radius 3 is 2.59 bits per heavy atom. The first-order valence-electron chi connectivity index (χ1n) is 12.6. The molecule has 1 saturated carbocycles. The molecule has 1 aromatic carbocycles. The molecule has 0 atom stereocenters. The molecule has 5 rings (SSSR count). The van der Waals surface area contributed by atoms with Gasteiger partial charge in [0.1, 0.15) is 11.9 Å². The summed E-state index contributed by atoms with van der Waals surface area (Å²) >= 11 is 0. The van der Waals surface area contributed by atoms with Crippen LogP contribution in [-0.4, -0.2) is 63.2 Å². The van der Waals surface area contributed by atoms with Crippen molar-refractivity contribution in [2.45, 2.75) is 38.7 Å². The van der Waals surface area contributed by atoms with Crippen molar-refractivity contribution in [2.75, 3.05) is 30.8 Å². The molecule has 0 spiro atoms. The molecule has 3 N–H and O–H groups in total. The van der Waals surface area contributed by atoms with E-state index >= 15 is 0 Å². The van der Waals surface area contributed by atoms with E-state index in [1.54, 1.807) is 12.1 Å². The average Bonchev–Trinajstić information content (AvgIpc) is 3.66. The Morgan fingerprint density at radius 1 is 1.05 bits per heavy atom. The highest BCUT2D eigenvalue weighted by molar-refractivity contribution is 5.94. The van der Waals surface area contributed by atoms with Gasteiger partial charge >= 0.3 is 5.97 Å². The maximum atomic E-state index is 13.0. The summed E-state index contributed by atoms with van der Waals surface area (Å²) in [5.41, 5.74) is 2.68. The quantitative estimate of drug-likeness (QED) is 0.395. The number of hydrogen-bond acceptors (Lipinski definition) is 8. The topological polar surface area (TPSA) is 125 Å². The fourth-order valence-corrected chi connectivity index (χ4v) is 4.12. The van der Waals surface area contributed by atoms with Crippen molar-refractivity contribution in [1.82, 2.24) is 25.1 Å². The van der Waals surface area contributed by atoms with Crippen molar-refractivity contribution in [1.29, 1.82) is 0 Å². The number of aromatic nitrogens is 4. The SMILES string of the molecule is Cc1cc(Nc2cc(C(=O)OC3CCN(C)CC3)nc(C=Cc3cccc(NC(=O)C4CC4)c3)n2)n[nH]1. The average molecular weight is 502 g/mol. The van der Waals surface area contributed by atoms with Crippen molar-refractivity contribution in [3.8, 4) is 0 Å². The Labute approximate surface area is 215 Å². The number of carbonyl (C=O) groups is 2. The number of aryl methyl sites for hydroxylation is 1. The zero-order chi connectivity index (χ0) is 25.8. The molecule has 1 aliphatic heterocycles. The van der Waals surface area contributed by atoms with Gasteiger partial charge in [0, 0.05) is 42.5 Å². The molecule has 1 amide bonds. The van der Waals surface area contributed by atoms with Crippen LogP contribution < -0.4 is 10.6 Å². The summed E-state index contributed by atoms with van der Waals surface area (Å²) in [5, 5.41) is 13.2. The maximum absolute atomic E-state index is 13.0. The zero-order valence-corrected chi connectivity index (χ0v) is 21.0. The first kappa shape index (κ1) is 24.6. The van der Waals surface area contributed by atoms with Crippen LogP contribution in [0.25, 0.3) is 12.2 Å². The van der Waals surface area contributed by atoms with Crippen LogP contribution in [-0.2, 0) is 9.53 Å². The minimum absolute atomic E-state index is 0.0598. The molecular weight excluding hydrogens is 470 g/mol. The lowest BCUT2D eigenvalue weighted by molar-refractivity contribution is -0.117. The summed E-state index contributed by atoms with van der Waals surface area (Å²) in [6.45, 7) is 3.68. The van der Waals surface area contributed by atoms with Gasteiger partial charge in [-0.2, -0.15) is 5.10 Å². The molecular formula is C27H31N7O3. The van der Waals surface area contributed by atoms with Crippen LogP contribution >= 0.6 is 0 Å². The van der Waals surface area contributed by atoms with E-state index in [1.807, 2.05) is 43.3 Å². The van der Waals surface area contributed by atoms with Gasteiger partial charge in [-0.25, -0.2) is 14.8 Å². The van der Waals surface area contributed by atoms with E-state index in [4.69, 9.17) is 4.74 Å². The largest absolute Gasteiger partial charge is 0.458 e. The van der Waals surface area contributed by atoms with E-state index in [2.05, 4.69) is 42.7 Å². The highest BCUT2D eigenvalue weighted by Gasteiger charge is 2.29. The number of anilines is 3. The monoisotopic (exact) mass is 501 g/mol. The van der Waals surface area contributed by atoms with Gasteiger partial charge in [-0.1, -0.05) is 18.2 Å². The predicted molar refractivity (Wildman–Crippen MR) is 141 cm³/mol. The first-order chi connectivity index (χ1) is 17.9. The molecule has 10 heteroatoms. The van der Waals surface area contributed by atoms with E-state index in [9.17, 15) is 9.59 Å². The summed E-state index contributed by atoms with van der Waals surface area (Å²) in [4.78, 5) is 36.3. The molecule has 1 saturated heterocycles. The van der Waals surface area contributed by atoms with Gasteiger partial charge in [-0.15, -0.1) is 0 Å². The minimum Gasteiger partial charge on any atom is -0.458 e. The number of ether oxygens (including phenoxy) is 1. The highest BCUT2D eigenvalue weighted by Crippen LogP contribution is 2.30. The van der Waals surface area contributed by atoms with Gasteiger partial charge in [0.15, 0.2) is 17.3 Å². The van der Waals surface area contributed by atoms with Gasteiger partial charge < -0.3 is 20.3 Å². The standard InChI is InChI=1S/C27H31N7O3/c1-17-14-25(33-32-17)31-24-16-22(27(36)37-21-10-12-34(2)13-11-21)29-23(30-24)9-6-18-4-3-5-20(15-18)28-26(35)19-7-8-19/h3-6,9,14-16,19,21H,7-8,10-13H2,1-2H3,(H,28,35)(H2,29,30,31,32,33). The molecule has 2 fully saturated rings. The molecule has 192 valence electrons. The molecule has 1 aliphatic carbocycles. The van der Waals surface area contributed by atoms with Crippen molar-refractivity contribution in [3.63, 3.8) is 0 Å². The predicted octanol–water partition coefficient (Wildman–Crippen LogP) is 4.02. The van der Waals surface area contributed by atoms with Gasteiger partial charge in [0.05, 0.1) is 0 Å². The number of amides is 1. The summed E-state index contributed by atoms with van der Waals surface area (Å²) < 4.78 is 5.76. The summed E-state index contributed by atoms with van der Waals surface area (Å²) in [7, 11) is 2.06. The Kier molecular flexibility index (Phi) is 7.27. The van der Waals surface area contributed by atoms with Gasteiger partial charge in [-0.3, -0.25) is 9.89 Å². The summed E-state index contributed by atoms with van der Waals surface area (Å²) in [6, 6.07) is 11.0. The van der Waals surface area contributed by atoms with Gasteiger partial charge in [0.2, 0.25) is 5.91 Å². The molecule has 0 bridgehead atoms. The fourth-order valence-electron chi connectivity index (χ4n) is 4.12. The lowest BCUT2D eigenvalue weighted by atomic mass is 10.1. The first-order valence-corrected chi connectivity index (χ1v) is 12.6. The number of H-pyrrole nitrogens is 1. The van der Waals surface area contributed by atoms with Crippen LogP contribution in [0.4, 0.5) is 17.3 Å². The molecule has 3 heterocycles. The summed E-state index contributed by atoms with van der Waals surface area (Å²) in [6.07, 6.45) is 6.94. The number of carbonyl (C=O) groups excluding carboxylic acids is 2. The molecule has 10 nitrogen and oxygen atoms in total. The number of likely N-dealkylation sites (tertiary alicyclic amines) is 1. The van der Waals surface area contributed by atoms with Crippen LogP contribution in [0.5, 0.6) is 0 Å². The second-order valence-corrected chi connectivity index (χ2v) is 9.69. The van der Waals surface area contributed by atoms with E-state index in [1.165, 1.54) is 0 Å². The lowest BCUT2D eigenvalue weighted by Crippen LogP contribution is -2.35. The second kappa shape index (κ2) is 10.9. The summed E-state index contributed by atoms with van der Waals surface area (Å²) in [5.74, 6) is 1.08. The number of nitrogens with one attached hydrogen (secondary N) is 3. The molecule has 2 aromatic heterocycles. The Morgan fingerprint density at radius 2 is 1.86 bits per heavy atom. The molecule has 0 unspecified atom stereocenters. The van der Waals surface area contributed by atoms with E-state index in [-0.39, 0.29) is 23.6 Å². The van der Waals surface area contributed by atoms with Crippen molar-refractivity contribution >= 4 is 41.4 Å². The van der Waals surface area contributed by atoms with Crippen molar-refractivity contribution in [2.24, 2.45) is 5.92 Å². The Balaban J connectivity index is 1.35. The number of aromatic amines is 1. The molecule has 3 aromatic rings. The number of rotatable bonds is 8. The number of hydrogen-bond donors (Lipinski definition) is 3. The number of nitrogens with zero attached hydrogens (tertiary/aromatic N) is 4. The van der Waals surface area contributed by atoms with Crippen LogP contribution in [0.2, 0.25) is 0 Å². The minimum atomic E-state index is -0.474. The third-order valence-corrected chi connectivity index (χ3v) is 6.38. The van der Waals surface area contributed by atoms with E-state index in [0.29, 0.717) is 17.5 Å². The smallest absolute Gasteiger partial charge is 0.357 e. The van der Waals surface area contributed by atoms with E-state index < -0.39 is 5.97 Å². The highest BCUT2D eigenvalue weighted by atomic mass is 16.5. The normalized spacial score (nSPS) is 16.6. The zero-order valence-electron chi connectivity index (χ0n) is 21.0. The van der Waals surface area contributed by atoms with Crippen LogP contribution in [0.15, 0.2) is 36.4 Å². The van der Waals surface area contributed by atoms with Gasteiger partial charge in [-0.05, 0) is 63.4 Å². The molecule has 2 aliphatic rings. The third kappa shape index (κ3) is 6.79. The second-order valence-electron chi connectivity index (χ2n) is 9.69. The van der Waals surface area contributed by atoms with Crippen LogP contribution in [0.1, 0.15) is 53.3 Å². The number of esters is 1. The van der Waals surface area contributed by atoms with Crippen molar-refractivity contribution in [3.05, 3.63) is 59.2 Å². The fraction of sp³-hybridized carbons (Fsp3) is 0.370. The Bertz CT molecular complexity index is 1310. The Hall–Kier alpha value is -4.05. The van der Waals surface area contributed by atoms with Crippen molar-refractivity contribution < 1.29 is 14.3 Å². The molecule has 37 heavy (non-hydrogen) atoms. The van der Waals surface area contributed by atoms with Crippen LogP contribution in [0, 0.1) is 12.8 Å². The van der Waals surface area contributed by atoms with Gasteiger partial charge in [0.25, 0.3) is 0 Å². The number of benzene rings is 1. The van der Waals surface area contributed by atoms with E-state index in [0.717, 1.165) is 55.7 Å². The molecule has 0 radical (unpaired) electrons. The van der Waals surface area contributed by atoms with Crippen LogP contribution in [0.3, 0.4) is 0 Å². The maximum Gasteiger partial charge on any atom is 0.357 e.